The fraction of sp³-hybridized carbons (Fsp3) is 0.0769. The number of aliphatic hydroxyl groups is 1. The highest BCUT2D eigenvalue weighted by Crippen LogP contribution is 2.25. The third-order valence-electron chi connectivity index (χ3n) is 2.42. The number of hydrogen-bond donors (Lipinski definition) is 2. The lowest BCUT2D eigenvalue weighted by Crippen LogP contribution is -2.33. The van der Waals surface area contributed by atoms with Gasteiger partial charge in [-0.15, -0.1) is 0 Å². The molecule has 18 heavy (non-hydrogen) atoms. The molecule has 92 valence electrons. The van der Waals surface area contributed by atoms with Crippen LogP contribution in [0.4, 0.5) is 0 Å². The number of carbonyl (C=O) groups excluding carboxylic acids is 1. The number of hydrogen-bond acceptors (Lipinski definition) is 4. The molecule has 0 fully saturated rings. The molecule has 2 N–H and O–H groups in total. The van der Waals surface area contributed by atoms with Gasteiger partial charge in [0, 0.05) is 5.39 Å². The second kappa shape index (κ2) is 4.85. The maximum atomic E-state index is 11.3. The third-order valence-corrected chi connectivity index (χ3v) is 2.42. The SMILES string of the molecule is O=C(O)C(O)C(=O)Oc1cccc2ccccc12. The van der Waals surface area contributed by atoms with Gasteiger partial charge in [-0.05, 0) is 11.5 Å². The van der Waals surface area contributed by atoms with E-state index < -0.39 is 18.0 Å². The number of benzene rings is 2. The molecule has 1 atom stereocenters. The second-order valence-electron chi connectivity index (χ2n) is 3.64. The molecule has 0 aromatic heterocycles. The molecule has 2 aromatic rings. The first-order chi connectivity index (χ1) is 8.59. The molecule has 5 nitrogen and oxygen atoms in total. The minimum Gasteiger partial charge on any atom is -0.479 e. The molecule has 0 heterocycles. The van der Waals surface area contributed by atoms with Crippen LogP contribution in [0.25, 0.3) is 10.8 Å². The highest BCUT2D eigenvalue weighted by molar-refractivity contribution is 5.99. The first-order valence-electron chi connectivity index (χ1n) is 5.20. The molecule has 0 bridgehead atoms. The van der Waals surface area contributed by atoms with E-state index in [1.165, 1.54) is 6.07 Å². The molecular formula is C13H10O5. The molecule has 0 radical (unpaired) electrons. The highest BCUT2D eigenvalue weighted by Gasteiger charge is 2.25. The van der Waals surface area contributed by atoms with E-state index in [1.807, 2.05) is 18.2 Å². The van der Waals surface area contributed by atoms with Crippen molar-refractivity contribution >= 4 is 22.7 Å². The molecule has 1 unspecified atom stereocenters. The molecule has 0 aliphatic heterocycles. The van der Waals surface area contributed by atoms with Crippen LogP contribution in [0.5, 0.6) is 5.75 Å². The Kier molecular flexibility index (Phi) is 3.25. The Morgan fingerprint density at radius 1 is 1.06 bits per heavy atom. The van der Waals surface area contributed by atoms with Crippen molar-refractivity contribution in [1.82, 2.24) is 0 Å². The summed E-state index contributed by atoms with van der Waals surface area (Å²) in [4.78, 5) is 21.8. The van der Waals surface area contributed by atoms with E-state index in [4.69, 9.17) is 14.9 Å². The number of carbonyl (C=O) groups is 2. The first kappa shape index (κ1) is 12.1. The van der Waals surface area contributed by atoms with E-state index in [2.05, 4.69) is 0 Å². The molecule has 0 spiro atoms. The summed E-state index contributed by atoms with van der Waals surface area (Å²) >= 11 is 0. The number of rotatable bonds is 3. The van der Waals surface area contributed by atoms with Crippen LogP contribution in [0.1, 0.15) is 0 Å². The zero-order valence-electron chi connectivity index (χ0n) is 9.24. The maximum absolute atomic E-state index is 11.3. The van der Waals surface area contributed by atoms with Crippen molar-refractivity contribution < 1.29 is 24.5 Å². The molecular weight excluding hydrogens is 236 g/mol. The normalized spacial score (nSPS) is 12.1. The van der Waals surface area contributed by atoms with E-state index in [-0.39, 0.29) is 5.75 Å². The number of fused-ring (bicyclic) bond motifs is 1. The number of carboxylic acids is 1. The highest BCUT2D eigenvalue weighted by atomic mass is 16.6. The zero-order valence-corrected chi connectivity index (χ0v) is 9.24. The van der Waals surface area contributed by atoms with Crippen LogP contribution < -0.4 is 4.74 Å². The van der Waals surface area contributed by atoms with Gasteiger partial charge in [-0.25, -0.2) is 9.59 Å². The number of aliphatic carboxylic acids is 1. The topological polar surface area (TPSA) is 83.8 Å². The van der Waals surface area contributed by atoms with E-state index in [0.29, 0.717) is 5.39 Å². The third kappa shape index (κ3) is 2.31. The van der Waals surface area contributed by atoms with Gasteiger partial charge >= 0.3 is 11.9 Å². The van der Waals surface area contributed by atoms with E-state index in [0.717, 1.165) is 5.39 Å². The fourth-order valence-electron chi connectivity index (χ4n) is 1.55. The molecule has 2 aromatic carbocycles. The quantitative estimate of drug-likeness (QED) is 0.483. The van der Waals surface area contributed by atoms with Crippen molar-refractivity contribution in [3.05, 3.63) is 42.5 Å². The second-order valence-corrected chi connectivity index (χ2v) is 3.64. The fourth-order valence-corrected chi connectivity index (χ4v) is 1.55. The van der Waals surface area contributed by atoms with E-state index in [9.17, 15) is 9.59 Å². The van der Waals surface area contributed by atoms with E-state index >= 15 is 0 Å². The molecule has 0 saturated carbocycles. The van der Waals surface area contributed by atoms with Gasteiger partial charge in [0.05, 0.1) is 0 Å². The molecule has 0 aliphatic rings. The van der Waals surface area contributed by atoms with Gasteiger partial charge in [-0.2, -0.15) is 0 Å². The summed E-state index contributed by atoms with van der Waals surface area (Å²) in [7, 11) is 0. The minimum atomic E-state index is -2.18. The molecule has 0 amide bonds. The number of esters is 1. The smallest absolute Gasteiger partial charge is 0.352 e. The Labute approximate surface area is 102 Å². The average molecular weight is 246 g/mol. The Balaban J connectivity index is 2.32. The Bertz CT molecular complexity index is 600. The Hall–Kier alpha value is -2.40. The van der Waals surface area contributed by atoms with Crippen molar-refractivity contribution in [1.29, 1.82) is 0 Å². The van der Waals surface area contributed by atoms with Crippen molar-refractivity contribution in [2.45, 2.75) is 6.10 Å². The van der Waals surface area contributed by atoms with Gasteiger partial charge < -0.3 is 14.9 Å². The summed E-state index contributed by atoms with van der Waals surface area (Å²) in [5.41, 5.74) is 0. The molecule has 5 heteroatoms. The monoisotopic (exact) mass is 246 g/mol. The van der Waals surface area contributed by atoms with Crippen molar-refractivity contribution in [2.24, 2.45) is 0 Å². The summed E-state index contributed by atoms with van der Waals surface area (Å²) < 4.78 is 4.88. The Morgan fingerprint density at radius 2 is 1.72 bits per heavy atom. The molecule has 0 saturated heterocycles. The summed E-state index contributed by atoms with van der Waals surface area (Å²) in [6.45, 7) is 0. The van der Waals surface area contributed by atoms with Gasteiger partial charge in [0.1, 0.15) is 5.75 Å². The van der Waals surface area contributed by atoms with Crippen LogP contribution in [0.3, 0.4) is 0 Å². The van der Waals surface area contributed by atoms with Crippen molar-refractivity contribution in [3.63, 3.8) is 0 Å². The van der Waals surface area contributed by atoms with Crippen molar-refractivity contribution in [3.8, 4) is 5.75 Å². The first-order valence-corrected chi connectivity index (χ1v) is 5.20. The molecule has 0 aliphatic carbocycles. The summed E-state index contributed by atoms with van der Waals surface area (Å²) in [5.74, 6) is -2.63. The van der Waals surface area contributed by atoms with Crippen LogP contribution in [0, 0.1) is 0 Å². The van der Waals surface area contributed by atoms with Gasteiger partial charge in [0.25, 0.3) is 0 Å². The number of carboxylic acid groups (broad SMARTS) is 1. The van der Waals surface area contributed by atoms with Gasteiger partial charge in [-0.3, -0.25) is 0 Å². The van der Waals surface area contributed by atoms with E-state index in [1.54, 1.807) is 18.2 Å². The van der Waals surface area contributed by atoms with Gasteiger partial charge in [-0.1, -0.05) is 36.4 Å². The van der Waals surface area contributed by atoms with Crippen molar-refractivity contribution in [2.75, 3.05) is 0 Å². The maximum Gasteiger partial charge on any atom is 0.352 e. The Morgan fingerprint density at radius 3 is 2.44 bits per heavy atom. The van der Waals surface area contributed by atoms with Crippen LogP contribution >= 0.6 is 0 Å². The summed E-state index contributed by atoms with van der Waals surface area (Å²) in [6.07, 6.45) is -2.18. The van der Waals surface area contributed by atoms with Gasteiger partial charge in [0.2, 0.25) is 6.10 Å². The van der Waals surface area contributed by atoms with Crippen LogP contribution in [-0.2, 0) is 9.59 Å². The standard InChI is InChI=1S/C13H10O5/c14-11(12(15)16)13(17)18-10-7-3-5-8-4-1-2-6-9(8)10/h1-7,11,14H,(H,15,16). The average Bonchev–Trinajstić information content (AvgIpc) is 2.38. The van der Waals surface area contributed by atoms with Gasteiger partial charge in [0.15, 0.2) is 0 Å². The largest absolute Gasteiger partial charge is 0.479 e. The lowest BCUT2D eigenvalue weighted by Gasteiger charge is -2.09. The zero-order chi connectivity index (χ0) is 13.1. The lowest BCUT2D eigenvalue weighted by molar-refractivity contribution is -0.159. The summed E-state index contributed by atoms with van der Waals surface area (Å²) in [6, 6.07) is 12.2. The molecule has 2 rings (SSSR count). The van der Waals surface area contributed by atoms with Crippen LogP contribution in [0.2, 0.25) is 0 Å². The lowest BCUT2D eigenvalue weighted by atomic mass is 10.1. The predicted molar refractivity (Wildman–Crippen MR) is 63.2 cm³/mol. The predicted octanol–water partition coefficient (Wildman–Crippen LogP) is 1.19. The van der Waals surface area contributed by atoms with Crippen LogP contribution in [-0.4, -0.2) is 28.3 Å². The minimum absolute atomic E-state index is 0.221. The summed E-state index contributed by atoms with van der Waals surface area (Å²) in [5, 5.41) is 19.1. The number of aliphatic hydroxyl groups excluding tert-OH is 1. The van der Waals surface area contributed by atoms with Crippen LogP contribution in [0.15, 0.2) is 42.5 Å². The number of ether oxygens (including phenoxy) is 1.